The van der Waals surface area contributed by atoms with Gasteiger partial charge in [-0.1, -0.05) is 84.9 Å². The molecule has 8 nitrogen and oxygen atoms in total. The summed E-state index contributed by atoms with van der Waals surface area (Å²) in [4.78, 5) is 2.47. The van der Waals surface area contributed by atoms with Crippen molar-refractivity contribution in [2.45, 2.75) is 25.3 Å². The molecule has 11 aromatic rings. The van der Waals surface area contributed by atoms with E-state index in [1.807, 2.05) is 0 Å². The molecule has 1 aliphatic rings. The zero-order valence-electron chi connectivity index (χ0n) is 36.5. The van der Waals surface area contributed by atoms with Gasteiger partial charge in [-0.2, -0.15) is 0 Å². The molecule has 1 atom stereocenters. The lowest BCUT2D eigenvalue weighted by Crippen LogP contribution is -2.26. The molecule has 0 amide bonds. The SMILES string of the molecule is COc1cc2c3cc(OC)c4cc(OC)c5ccc6ccc7ccccc7c6c5c4c3op(NCC[C@@H]3CCCN3C)oc2c2c1cc(OC)c1ccc3ccc4ccccc4c3c12. The third kappa shape index (κ3) is 5.83. The molecule has 0 spiro atoms. The number of hydrogen-bond donors (Lipinski definition) is 1. The molecule has 1 saturated heterocycles. The summed E-state index contributed by atoms with van der Waals surface area (Å²) in [6, 6.07) is 43.6. The highest BCUT2D eigenvalue weighted by atomic mass is 31.1. The van der Waals surface area contributed by atoms with Crippen molar-refractivity contribution in [3.05, 3.63) is 121 Å². The summed E-state index contributed by atoms with van der Waals surface area (Å²) >= 11 is 0. The minimum atomic E-state index is -1.78. The molecule has 1 fully saturated rings. The number of rotatable bonds is 8. The van der Waals surface area contributed by atoms with Gasteiger partial charge in [0.2, 0.25) is 0 Å². The van der Waals surface area contributed by atoms with Gasteiger partial charge < -0.3 is 32.2 Å². The minimum Gasteiger partial charge on any atom is -0.496 e. The van der Waals surface area contributed by atoms with Crippen molar-refractivity contribution in [1.29, 1.82) is 0 Å². The van der Waals surface area contributed by atoms with Crippen molar-refractivity contribution in [1.82, 2.24) is 4.90 Å². The maximum atomic E-state index is 7.48. The Balaban J connectivity index is 1.33. The van der Waals surface area contributed by atoms with E-state index >= 15 is 0 Å². The summed E-state index contributed by atoms with van der Waals surface area (Å²) in [5.74, 6) is 2.90. The molecule has 0 saturated carbocycles. The molecular weight excluding hydrogens is 816 g/mol. The average Bonchev–Trinajstić information content (AvgIpc) is 3.68. The van der Waals surface area contributed by atoms with Gasteiger partial charge in [-0.05, 0) is 112 Å². The summed E-state index contributed by atoms with van der Waals surface area (Å²) in [7, 11) is 7.39. The monoisotopic (exact) mass is 862 g/mol. The number of ether oxygens (including phenoxy) is 4. The number of benzene rings is 10. The highest BCUT2D eigenvalue weighted by Crippen LogP contribution is 2.52. The first-order valence-electron chi connectivity index (χ1n) is 22.0. The van der Waals surface area contributed by atoms with Crippen LogP contribution in [0.5, 0.6) is 23.0 Å². The summed E-state index contributed by atoms with van der Waals surface area (Å²) in [5.41, 5.74) is 1.43. The van der Waals surface area contributed by atoms with E-state index in [1.165, 1.54) is 12.8 Å². The Morgan fingerprint density at radius 2 is 0.938 bits per heavy atom. The van der Waals surface area contributed by atoms with Gasteiger partial charge >= 0.3 is 8.16 Å². The quantitative estimate of drug-likeness (QED) is 0.151. The molecule has 0 unspecified atom stereocenters. The third-order valence-corrected chi connectivity index (χ3v) is 15.1. The standard InChI is InChI=1S/C55H47N2O6P/c1-57-26-10-13-35(57)24-25-56-64-62-54-40(27-46(60-4)42-29-44(58-2)38-22-20-33-18-16-31-11-6-8-14-36(31)48(33)50(38)52(42)54)41-28-47(61-5)43-30-45(59-3)39-23-21-34-19-17-32-12-7-9-15-37(32)49(34)51(39)53(43)55(41)63-64/h6-9,11-12,14-23,27-30,35,56H,10,13,24-26H2,1-5H3/t35-/m0/s1. The summed E-state index contributed by atoms with van der Waals surface area (Å²) < 4.78 is 40.1. The smallest absolute Gasteiger partial charge is 0.306 e. The molecule has 0 bridgehead atoms. The second-order valence-corrected chi connectivity index (χ2v) is 18.3. The molecule has 1 N–H and O–H groups in total. The third-order valence-electron chi connectivity index (χ3n) is 13.9. The number of fused-ring (bicyclic) bond motifs is 19. The Hall–Kier alpha value is -6.70. The van der Waals surface area contributed by atoms with Crippen molar-refractivity contribution in [3.8, 4) is 23.0 Å². The minimum absolute atomic E-state index is 0.497. The zero-order valence-corrected chi connectivity index (χ0v) is 37.4. The van der Waals surface area contributed by atoms with Crippen molar-refractivity contribution in [3.63, 3.8) is 0 Å². The van der Waals surface area contributed by atoms with Crippen molar-refractivity contribution in [2.24, 2.45) is 0 Å². The molecule has 318 valence electrons. The van der Waals surface area contributed by atoms with Gasteiger partial charge in [-0.25, -0.2) is 5.09 Å². The van der Waals surface area contributed by atoms with Crippen LogP contribution in [0.15, 0.2) is 130 Å². The van der Waals surface area contributed by atoms with E-state index in [9.17, 15) is 0 Å². The average molecular weight is 863 g/mol. The molecular formula is C55H47N2O6P. The summed E-state index contributed by atoms with van der Waals surface area (Å²) in [6.45, 7) is 1.84. The van der Waals surface area contributed by atoms with Crippen LogP contribution in [0.1, 0.15) is 19.3 Å². The van der Waals surface area contributed by atoms with E-state index in [0.717, 1.165) is 128 Å². The van der Waals surface area contributed by atoms with Crippen LogP contribution in [-0.2, 0) is 0 Å². The molecule has 9 heteroatoms. The van der Waals surface area contributed by atoms with Gasteiger partial charge in [0.05, 0.1) is 28.4 Å². The second-order valence-electron chi connectivity index (χ2n) is 17.1. The predicted molar refractivity (Wildman–Crippen MR) is 267 cm³/mol. The van der Waals surface area contributed by atoms with Gasteiger partial charge in [0.15, 0.2) is 11.2 Å². The van der Waals surface area contributed by atoms with Crippen LogP contribution in [0.2, 0.25) is 0 Å². The van der Waals surface area contributed by atoms with Crippen molar-refractivity contribution < 1.29 is 27.3 Å². The zero-order chi connectivity index (χ0) is 43.2. The normalized spacial score (nSPS) is 14.7. The van der Waals surface area contributed by atoms with E-state index in [0.29, 0.717) is 28.7 Å². The molecule has 0 radical (unpaired) electrons. The molecule has 1 aliphatic heterocycles. The highest BCUT2D eigenvalue weighted by Gasteiger charge is 2.26. The Bertz CT molecular complexity index is 3560. The van der Waals surface area contributed by atoms with E-state index in [1.54, 1.807) is 28.4 Å². The molecule has 1 aromatic heterocycles. The van der Waals surface area contributed by atoms with Crippen LogP contribution in [0.25, 0.3) is 108 Å². The van der Waals surface area contributed by atoms with Crippen LogP contribution in [0.3, 0.4) is 0 Å². The molecule has 64 heavy (non-hydrogen) atoms. The summed E-state index contributed by atoms with van der Waals surface area (Å²) in [5, 5.41) is 22.3. The van der Waals surface area contributed by atoms with E-state index in [4.69, 9.17) is 27.3 Å². The first-order chi connectivity index (χ1) is 31.5. The van der Waals surface area contributed by atoms with Gasteiger partial charge in [-0.15, -0.1) is 0 Å². The second kappa shape index (κ2) is 15.2. The van der Waals surface area contributed by atoms with E-state index in [-0.39, 0.29) is 0 Å². The number of hydrogen-bond acceptors (Lipinski definition) is 8. The maximum absolute atomic E-state index is 7.48. The lowest BCUT2D eigenvalue weighted by Gasteiger charge is -2.18. The van der Waals surface area contributed by atoms with Gasteiger partial charge in [0, 0.05) is 66.4 Å². The molecule has 10 aromatic carbocycles. The molecule has 0 aliphatic carbocycles. The number of likely N-dealkylation sites (tertiary alicyclic amines) is 1. The fourth-order valence-corrected chi connectivity index (χ4v) is 12.0. The van der Waals surface area contributed by atoms with Gasteiger partial charge in [-0.3, -0.25) is 0 Å². The van der Waals surface area contributed by atoms with E-state index in [2.05, 4.69) is 138 Å². The Morgan fingerprint density at radius 1 is 0.500 bits per heavy atom. The fourth-order valence-electron chi connectivity index (χ4n) is 10.8. The Kier molecular flexibility index (Phi) is 9.27. The number of nitrogens with one attached hydrogen (secondary N) is 1. The first kappa shape index (κ1) is 38.9. The fraction of sp³-hybridized carbons (Fsp3) is 0.200. The first-order valence-corrected chi connectivity index (χ1v) is 23.2. The topological polar surface area (TPSA) is 78.5 Å². The van der Waals surface area contributed by atoms with Gasteiger partial charge in [0.25, 0.3) is 0 Å². The predicted octanol–water partition coefficient (Wildman–Crippen LogP) is 14.6. The van der Waals surface area contributed by atoms with Crippen LogP contribution >= 0.6 is 8.16 Å². The maximum Gasteiger partial charge on any atom is 0.306 e. The van der Waals surface area contributed by atoms with Gasteiger partial charge in [0.1, 0.15) is 23.0 Å². The summed E-state index contributed by atoms with van der Waals surface area (Å²) in [6.07, 6.45) is 3.37. The van der Waals surface area contributed by atoms with Crippen LogP contribution in [-0.4, -0.2) is 59.5 Å². The van der Waals surface area contributed by atoms with Crippen LogP contribution < -0.4 is 24.0 Å². The molecule has 12 rings (SSSR count). The lowest BCUT2D eigenvalue weighted by molar-refractivity contribution is 0.301. The largest absolute Gasteiger partial charge is 0.496 e. The molecule has 2 heterocycles. The lowest BCUT2D eigenvalue weighted by atomic mass is 9.90. The number of nitrogens with zero attached hydrogens (tertiary/aromatic N) is 1. The van der Waals surface area contributed by atoms with Crippen molar-refractivity contribution in [2.75, 3.05) is 53.7 Å². The van der Waals surface area contributed by atoms with Crippen LogP contribution in [0, 0.1) is 0 Å². The van der Waals surface area contributed by atoms with Crippen molar-refractivity contribution >= 4 is 116 Å². The number of methoxy groups -OCH3 is 4. The highest BCUT2D eigenvalue weighted by molar-refractivity contribution is 7.38. The van der Waals surface area contributed by atoms with Crippen LogP contribution in [0.4, 0.5) is 0 Å². The Labute approximate surface area is 370 Å². The van der Waals surface area contributed by atoms with E-state index < -0.39 is 8.16 Å². The Morgan fingerprint density at radius 3 is 1.41 bits per heavy atom.